The van der Waals surface area contributed by atoms with Crippen LogP contribution >= 0.6 is 15.9 Å². The normalized spacial score (nSPS) is 11.5. The van der Waals surface area contributed by atoms with E-state index >= 15 is 0 Å². The number of nitrogens with zero attached hydrogens (tertiary/aromatic N) is 1. The Hall–Kier alpha value is -3.42. The third-order valence-electron chi connectivity index (χ3n) is 5.63. The molecule has 1 aliphatic rings. The van der Waals surface area contributed by atoms with E-state index < -0.39 is 5.82 Å². The number of nitriles is 1. The fourth-order valence-electron chi connectivity index (χ4n) is 4.24. The first-order valence-electron chi connectivity index (χ1n) is 9.94. The van der Waals surface area contributed by atoms with E-state index in [0.717, 1.165) is 33.1 Å². The van der Waals surface area contributed by atoms with Crippen molar-refractivity contribution in [2.75, 3.05) is 0 Å². The van der Waals surface area contributed by atoms with Crippen molar-refractivity contribution >= 4 is 15.9 Å². The van der Waals surface area contributed by atoms with Gasteiger partial charge in [-0.2, -0.15) is 5.26 Å². The third-order valence-corrected chi connectivity index (χ3v) is 6.66. The lowest BCUT2D eigenvalue weighted by Gasteiger charge is -2.18. The summed E-state index contributed by atoms with van der Waals surface area (Å²) in [7, 11) is 0. The summed E-state index contributed by atoms with van der Waals surface area (Å²) in [5.74, 6) is 0.507. The molecule has 4 aromatic carbocycles. The maximum atomic E-state index is 14.6. The molecule has 2 nitrogen and oxygen atoms in total. The fraction of sp³-hybridized carbons (Fsp3) is 0.0741. The van der Waals surface area contributed by atoms with E-state index in [2.05, 4.69) is 34.1 Å². The Morgan fingerprint density at radius 3 is 2.45 bits per heavy atom. The molecule has 0 saturated heterocycles. The SMILES string of the molecule is Cc1cc(-c2cc(F)cc(C#N)c2Oc2ccccc2)c2c(c1Br)-c1ccccc1C2. The Kier molecular flexibility index (Phi) is 4.84. The lowest BCUT2D eigenvalue weighted by molar-refractivity contribution is 0.481. The molecule has 4 aromatic rings. The lowest BCUT2D eigenvalue weighted by Crippen LogP contribution is -1.98. The van der Waals surface area contributed by atoms with Gasteiger partial charge in [0.2, 0.25) is 0 Å². The zero-order valence-electron chi connectivity index (χ0n) is 16.7. The quantitative estimate of drug-likeness (QED) is 0.270. The monoisotopic (exact) mass is 469 g/mol. The van der Waals surface area contributed by atoms with Crippen molar-refractivity contribution in [3.8, 4) is 39.8 Å². The van der Waals surface area contributed by atoms with Crippen LogP contribution in [0.1, 0.15) is 22.3 Å². The van der Waals surface area contributed by atoms with Gasteiger partial charge in [-0.25, -0.2) is 4.39 Å². The van der Waals surface area contributed by atoms with Gasteiger partial charge >= 0.3 is 0 Å². The number of hydrogen-bond acceptors (Lipinski definition) is 2. The number of ether oxygens (including phenoxy) is 1. The second kappa shape index (κ2) is 7.68. The Morgan fingerprint density at radius 1 is 0.935 bits per heavy atom. The molecule has 0 amide bonds. The Morgan fingerprint density at radius 2 is 1.68 bits per heavy atom. The van der Waals surface area contributed by atoms with Gasteiger partial charge in [0.25, 0.3) is 0 Å². The van der Waals surface area contributed by atoms with Gasteiger partial charge in [-0.05, 0) is 87.4 Å². The maximum Gasteiger partial charge on any atom is 0.153 e. The molecule has 0 bridgehead atoms. The topological polar surface area (TPSA) is 33.0 Å². The molecule has 0 spiro atoms. The van der Waals surface area contributed by atoms with Gasteiger partial charge in [-0.1, -0.05) is 42.5 Å². The van der Waals surface area contributed by atoms with E-state index in [9.17, 15) is 9.65 Å². The Labute approximate surface area is 188 Å². The van der Waals surface area contributed by atoms with Crippen LogP contribution in [0.3, 0.4) is 0 Å². The molecule has 0 fully saturated rings. The van der Waals surface area contributed by atoms with E-state index in [0.29, 0.717) is 17.1 Å². The summed E-state index contributed by atoms with van der Waals surface area (Å²) in [5.41, 5.74) is 7.31. The van der Waals surface area contributed by atoms with Gasteiger partial charge in [-0.3, -0.25) is 0 Å². The summed E-state index contributed by atoms with van der Waals surface area (Å²) in [5, 5.41) is 9.72. The van der Waals surface area contributed by atoms with Crippen molar-refractivity contribution in [3.05, 3.63) is 105 Å². The van der Waals surface area contributed by atoms with Crippen molar-refractivity contribution in [2.45, 2.75) is 13.3 Å². The maximum absolute atomic E-state index is 14.6. The van der Waals surface area contributed by atoms with Gasteiger partial charge < -0.3 is 4.74 Å². The zero-order valence-corrected chi connectivity index (χ0v) is 18.3. The predicted octanol–water partition coefficient (Wildman–Crippen LogP) is 7.80. The highest BCUT2D eigenvalue weighted by Crippen LogP contribution is 2.49. The van der Waals surface area contributed by atoms with E-state index in [1.807, 2.05) is 55.5 Å². The van der Waals surface area contributed by atoms with Gasteiger partial charge in [0.15, 0.2) is 5.75 Å². The number of fused-ring (bicyclic) bond motifs is 3. The van der Waals surface area contributed by atoms with Gasteiger partial charge in [0.1, 0.15) is 17.6 Å². The molecule has 0 N–H and O–H groups in total. The van der Waals surface area contributed by atoms with Crippen LogP contribution in [0.15, 0.2) is 77.3 Å². The molecule has 0 radical (unpaired) electrons. The van der Waals surface area contributed by atoms with E-state index in [1.54, 1.807) is 0 Å². The van der Waals surface area contributed by atoms with Crippen LogP contribution in [0.5, 0.6) is 11.5 Å². The minimum atomic E-state index is -0.461. The molecule has 0 heterocycles. The van der Waals surface area contributed by atoms with E-state index in [4.69, 9.17) is 4.74 Å². The highest BCUT2D eigenvalue weighted by molar-refractivity contribution is 9.10. The van der Waals surface area contributed by atoms with Crippen LogP contribution in [0.2, 0.25) is 0 Å². The number of halogens is 2. The molecular formula is C27H17BrFNO. The third kappa shape index (κ3) is 3.32. The second-order valence-electron chi connectivity index (χ2n) is 7.60. The summed E-state index contributed by atoms with van der Waals surface area (Å²) in [4.78, 5) is 0. The van der Waals surface area contributed by atoms with Gasteiger partial charge in [0.05, 0.1) is 5.56 Å². The first-order valence-corrected chi connectivity index (χ1v) is 10.7. The summed E-state index contributed by atoms with van der Waals surface area (Å²) in [6.45, 7) is 2.02. The molecule has 4 heteroatoms. The van der Waals surface area contributed by atoms with Crippen LogP contribution < -0.4 is 4.74 Å². The number of para-hydroxylation sites is 1. The first kappa shape index (κ1) is 19.5. The smallest absolute Gasteiger partial charge is 0.153 e. The van der Waals surface area contributed by atoms with E-state index in [-0.39, 0.29) is 5.56 Å². The number of aryl methyl sites for hydroxylation is 1. The molecule has 150 valence electrons. The Balaban J connectivity index is 1.78. The highest BCUT2D eigenvalue weighted by atomic mass is 79.9. The lowest BCUT2D eigenvalue weighted by atomic mass is 9.91. The molecular weight excluding hydrogens is 453 g/mol. The largest absolute Gasteiger partial charge is 0.455 e. The highest BCUT2D eigenvalue weighted by Gasteiger charge is 2.27. The molecule has 0 atom stereocenters. The van der Waals surface area contributed by atoms with Crippen molar-refractivity contribution in [1.29, 1.82) is 5.26 Å². The number of rotatable bonds is 3. The van der Waals surface area contributed by atoms with Gasteiger partial charge in [-0.15, -0.1) is 0 Å². The molecule has 0 aliphatic heterocycles. The van der Waals surface area contributed by atoms with Crippen molar-refractivity contribution in [1.82, 2.24) is 0 Å². The summed E-state index contributed by atoms with van der Waals surface area (Å²) in [6.07, 6.45) is 0.739. The van der Waals surface area contributed by atoms with Crippen LogP contribution in [0, 0.1) is 24.1 Å². The average molecular weight is 470 g/mol. The zero-order chi connectivity index (χ0) is 21.5. The average Bonchev–Trinajstić information content (AvgIpc) is 3.18. The summed E-state index contributed by atoms with van der Waals surface area (Å²) >= 11 is 3.77. The molecule has 1 aliphatic carbocycles. The summed E-state index contributed by atoms with van der Waals surface area (Å²) < 4.78 is 21.8. The number of hydrogen-bond donors (Lipinski definition) is 0. The Bertz CT molecular complexity index is 1370. The molecule has 0 unspecified atom stereocenters. The molecule has 5 rings (SSSR count). The first-order chi connectivity index (χ1) is 15.1. The van der Waals surface area contributed by atoms with E-state index in [1.165, 1.54) is 23.3 Å². The van der Waals surface area contributed by atoms with Crippen molar-refractivity contribution in [2.24, 2.45) is 0 Å². The van der Waals surface area contributed by atoms with Crippen LogP contribution in [0.4, 0.5) is 4.39 Å². The molecule has 0 aromatic heterocycles. The van der Waals surface area contributed by atoms with Gasteiger partial charge in [0, 0.05) is 15.6 Å². The van der Waals surface area contributed by atoms with Crippen LogP contribution in [-0.4, -0.2) is 0 Å². The minimum Gasteiger partial charge on any atom is -0.455 e. The number of benzene rings is 4. The van der Waals surface area contributed by atoms with Crippen LogP contribution in [-0.2, 0) is 6.42 Å². The predicted molar refractivity (Wildman–Crippen MR) is 124 cm³/mol. The van der Waals surface area contributed by atoms with Crippen molar-refractivity contribution in [3.63, 3.8) is 0 Å². The standard InChI is InChI=1S/C27H17BrFNO/c1-16-11-22(23-13-17-7-5-6-10-21(17)25(23)26(16)28)24-14-19(29)12-18(15-30)27(24)31-20-8-3-2-4-9-20/h2-12,14H,13H2,1H3. The minimum absolute atomic E-state index is 0.170. The second-order valence-corrected chi connectivity index (χ2v) is 8.39. The van der Waals surface area contributed by atoms with Crippen molar-refractivity contribution < 1.29 is 9.13 Å². The summed E-state index contributed by atoms with van der Waals surface area (Å²) in [6, 6.07) is 24.4. The van der Waals surface area contributed by atoms with Crippen LogP contribution in [0.25, 0.3) is 22.3 Å². The fourth-order valence-corrected chi connectivity index (χ4v) is 4.81. The molecule has 0 saturated carbocycles. The molecule has 31 heavy (non-hydrogen) atoms.